The Labute approximate surface area is 164 Å². The Balaban J connectivity index is 1.54. The molecule has 150 valence electrons. The fraction of sp³-hybridized carbons (Fsp3) is 0.316. The average Bonchev–Trinajstić information content (AvgIpc) is 2.72. The van der Waals surface area contributed by atoms with Gasteiger partial charge in [-0.15, -0.1) is 0 Å². The molecule has 3 rings (SSSR count). The van der Waals surface area contributed by atoms with E-state index in [1.165, 1.54) is 16.4 Å². The fourth-order valence-electron chi connectivity index (χ4n) is 2.89. The second kappa shape index (κ2) is 8.49. The van der Waals surface area contributed by atoms with Crippen LogP contribution < -0.4 is 15.2 Å². The topological polar surface area (TPSA) is 102 Å². The predicted molar refractivity (Wildman–Crippen MR) is 105 cm³/mol. The lowest BCUT2D eigenvalue weighted by Gasteiger charge is -2.34. The van der Waals surface area contributed by atoms with Crippen molar-refractivity contribution in [2.45, 2.75) is 4.90 Å². The van der Waals surface area contributed by atoms with Gasteiger partial charge in [0.25, 0.3) is 5.91 Å². The number of amides is 1. The number of methoxy groups -OCH3 is 1. The van der Waals surface area contributed by atoms with E-state index in [9.17, 15) is 13.2 Å². The third-order valence-corrected chi connectivity index (χ3v) is 6.43. The van der Waals surface area contributed by atoms with Crippen LogP contribution in [0.4, 0.5) is 5.69 Å². The van der Waals surface area contributed by atoms with E-state index < -0.39 is 10.0 Å². The summed E-state index contributed by atoms with van der Waals surface area (Å²) in [7, 11) is -2.04. The van der Waals surface area contributed by atoms with E-state index in [0.717, 1.165) is 0 Å². The molecule has 8 nitrogen and oxygen atoms in total. The molecule has 2 aromatic carbocycles. The summed E-state index contributed by atoms with van der Waals surface area (Å²) in [5.41, 5.74) is 6.12. The number of benzene rings is 2. The molecule has 0 aromatic heterocycles. The molecule has 0 spiro atoms. The van der Waals surface area contributed by atoms with Gasteiger partial charge in [0.2, 0.25) is 10.0 Å². The zero-order valence-corrected chi connectivity index (χ0v) is 16.4. The van der Waals surface area contributed by atoms with Gasteiger partial charge < -0.3 is 20.1 Å². The highest BCUT2D eigenvalue weighted by Crippen LogP contribution is 2.20. The molecule has 0 unspecified atom stereocenters. The number of carbonyl (C=O) groups is 1. The minimum absolute atomic E-state index is 0.113. The number of sulfonamides is 1. The van der Waals surface area contributed by atoms with Crippen LogP contribution in [0.15, 0.2) is 53.4 Å². The number of nitrogens with two attached hydrogens (primary N) is 1. The smallest absolute Gasteiger partial charge is 0.260 e. The van der Waals surface area contributed by atoms with Crippen molar-refractivity contribution in [3.05, 3.63) is 48.5 Å². The van der Waals surface area contributed by atoms with E-state index in [0.29, 0.717) is 30.3 Å². The van der Waals surface area contributed by atoms with E-state index in [1.807, 2.05) is 0 Å². The molecule has 0 bridgehead atoms. The van der Waals surface area contributed by atoms with Crippen LogP contribution in [0.1, 0.15) is 0 Å². The summed E-state index contributed by atoms with van der Waals surface area (Å²) >= 11 is 0. The first-order valence-electron chi connectivity index (χ1n) is 8.80. The highest BCUT2D eigenvalue weighted by Gasteiger charge is 2.30. The van der Waals surface area contributed by atoms with E-state index in [2.05, 4.69) is 0 Å². The van der Waals surface area contributed by atoms with Gasteiger partial charge in [-0.1, -0.05) is 6.07 Å². The Morgan fingerprint density at radius 2 is 1.68 bits per heavy atom. The van der Waals surface area contributed by atoms with Crippen molar-refractivity contribution in [3.63, 3.8) is 0 Å². The third-order valence-electron chi connectivity index (χ3n) is 4.51. The Morgan fingerprint density at radius 3 is 2.32 bits per heavy atom. The molecule has 0 saturated carbocycles. The first kappa shape index (κ1) is 20.0. The number of carbonyl (C=O) groups excluding carboxylic acids is 1. The van der Waals surface area contributed by atoms with E-state index in [-0.39, 0.29) is 30.5 Å². The molecule has 1 heterocycles. The number of anilines is 1. The van der Waals surface area contributed by atoms with Crippen LogP contribution in [0.2, 0.25) is 0 Å². The molecule has 2 aromatic rings. The maximum atomic E-state index is 12.7. The number of piperazine rings is 1. The van der Waals surface area contributed by atoms with Crippen LogP contribution in [0.25, 0.3) is 0 Å². The summed E-state index contributed by atoms with van der Waals surface area (Å²) in [6.07, 6.45) is 0. The number of nitrogen functional groups attached to an aromatic ring is 1. The van der Waals surface area contributed by atoms with Gasteiger partial charge in [-0.25, -0.2) is 8.42 Å². The maximum absolute atomic E-state index is 12.7. The van der Waals surface area contributed by atoms with Gasteiger partial charge in [-0.3, -0.25) is 4.79 Å². The lowest BCUT2D eigenvalue weighted by atomic mass is 10.3. The maximum Gasteiger partial charge on any atom is 0.260 e. The zero-order chi connectivity index (χ0) is 20.1. The molecule has 28 heavy (non-hydrogen) atoms. The highest BCUT2D eigenvalue weighted by molar-refractivity contribution is 7.89. The number of rotatable bonds is 6. The fourth-order valence-corrected chi connectivity index (χ4v) is 4.32. The van der Waals surface area contributed by atoms with Crippen LogP contribution in [0, 0.1) is 0 Å². The van der Waals surface area contributed by atoms with E-state index >= 15 is 0 Å². The second-order valence-corrected chi connectivity index (χ2v) is 8.26. The van der Waals surface area contributed by atoms with Crippen molar-refractivity contribution in [1.29, 1.82) is 0 Å². The van der Waals surface area contributed by atoms with Crippen molar-refractivity contribution >= 4 is 21.6 Å². The molecule has 0 atom stereocenters. The SMILES string of the molecule is COc1cccc(OCC(=O)N2CCN(S(=O)(=O)c3ccc(N)cc3)CC2)c1. The van der Waals surface area contributed by atoms with Gasteiger partial charge in [0.15, 0.2) is 6.61 Å². The molecule has 2 N–H and O–H groups in total. The molecule has 0 aliphatic carbocycles. The predicted octanol–water partition coefficient (Wildman–Crippen LogP) is 1.19. The van der Waals surface area contributed by atoms with Gasteiger partial charge in [0.05, 0.1) is 12.0 Å². The summed E-state index contributed by atoms with van der Waals surface area (Å²) in [5, 5.41) is 0. The van der Waals surface area contributed by atoms with Crippen molar-refractivity contribution < 1.29 is 22.7 Å². The van der Waals surface area contributed by atoms with Gasteiger partial charge in [-0.2, -0.15) is 4.31 Å². The second-order valence-electron chi connectivity index (χ2n) is 6.32. The standard InChI is InChI=1S/C19H23N3O5S/c1-26-16-3-2-4-17(13-16)27-14-19(23)21-9-11-22(12-10-21)28(24,25)18-7-5-15(20)6-8-18/h2-8,13H,9-12,14,20H2,1H3. The summed E-state index contributed by atoms with van der Waals surface area (Å²) in [4.78, 5) is 14.2. The van der Waals surface area contributed by atoms with Gasteiger partial charge >= 0.3 is 0 Å². The van der Waals surface area contributed by atoms with Crippen molar-refractivity contribution in [1.82, 2.24) is 9.21 Å². The van der Waals surface area contributed by atoms with Gasteiger partial charge in [0.1, 0.15) is 11.5 Å². The molecule has 1 fully saturated rings. The Kier molecular flexibility index (Phi) is 6.05. The molecular formula is C19H23N3O5S. The minimum Gasteiger partial charge on any atom is -0.497 e. The largest absolute Gasteiger partial charge is 0.497 e. The molecule has 1 saturated heterocycles. The highest BCUT2D eigenvalue weighted by atomic mass is 32.2. The van der Waals surface area contributed by atoms with Crippen molar-refractivity contribution in [2.24, 2.45) is 0 Å². The van der Waals surface area contributed by atoms with Crippen LogP contribution in [-0.4, -0.2) is 63.4 Å². The molecule has 1 aliphatic heterocycles. The summed E-state index contributed by atoms with van der Waals surface area (Å²) < 4.78 is 37.4. The summed E-state index contributed by atoms with van der Waals surface area (Å²) in [5.74, 6) is 0.996. The van der Waals surface area contributed by atoms with Gasteiger partial charge in [0, 0.05) is 37.9 Å². The van der Waals surface area contributed by atoms with E-state index in [4.69, 9.17) is 15.2 Å². The molecule has 9 heteroatoms. The Bertz CT molecular complexity index is 923. The van der Waals surface area contributed by atoms with Crippen LogP contribution in [-0.2, 0) is 14.8 Å². The number of nitrogens with zero attached hydrogens (tertiary/aromatic N) is 2. The van der Waals surface area contributed by atoms with Crippen LogP contribution in [0.3, 0.4) is 0 Å². The van der Waals surface area contributed by atoms with Crippen LogP contribution >= 0.6 is 0 Å². The summed E-state index contributed by atoms with van der Waals surface area (Å²) in [6.45, 7) is 0.982. The lowest BCUT2D eigenvalue weighted by molar-refractivity contribution is -0.134. The average molecular weight is 405 g/mol. The number of ether oxygens (including phenoxy) is 2. The molecule has 1 amide bonds. The Morgan fingerprint density at radius 1 is 1.04 bits per heavy atom. The van der Waals surface area contributed by atoms with Crippen molar-refractivity contribution in [2.75, 3.05) is 45.6 Å². The number of hydrogen-bond acceptors (Lipinski definition) is 6. The minimum atomic E-state index is -3.60. The van der Waals surface area contributed by atoms with Crippen LogP contribution in [0.5, 0.6) is 11.5 Å². The third kappa shape index (κ3) is 4.55. The first-order valence-corrected chi connectivity index (χ1v) is 10.2. The number of hydrogen-bond donors (Lipinski definition) is 1. The molecular weight excluding hydrogens is 382 g/mol. The Hall–Kier alpha value is -2.78. The van der Waals surface area contributed by atoms with Gasteiger partial charge in [-0.05, 0) is 36.4 Å². The monoisotopic (exact) mass is 405 g/mol. The lowest BCUT2D eigenvalue weighted by Crippen LogP contribution is -2.51. The summed E-state index contributed by atoms with van der Waals surface area (Å²) in [6, 6.07) is 13.1. The zero-order valence-electron chi connectivity index (χ0n) is 15.6. The quantitative estimate of drug-likeness (QED) is 0.725. The van der Waals surface area contributed by atoms with Crippen molar-refractivity contribution in [3.8, 4) is 11.5 Å². The first-order chi connectivity index (χ1) is 13.4. The molecule has 1 aliphatic rings. The normalized spacial score (nSPS) is 15.2. The molecule has 0 radical (unpaired) electrons. The van der Waals surface area contributed by atoms with E-state index in [1.54, 1.807) is 48.4 Å².